The van der Waals surface area contributed by atoms with Crippen molar-refractivity contribution in [1.29, 1.82) is 0 Å². The van der Waals surface area contributed by atoms with Gasteiger partial charge in [0.1, 0.15) is 11.6 Å². The first-order valence-electron chi connectivity index (χ1n) is 10.6. The largest absolute Gasteiger partial charge is 0.347 e. The number of hydrogen-bond donors (Lipinski definition) is 1. The van der Waals surface area contributed by atoms with Crippen LogP contribution in [-0.2, 0) is 24.1 Å². The van der Waals surface area contributed by atoms with Gasteiger partial charge in [-0.25, -0.2) is 26.5 Å². The minimum atomic E-state index is -2.94. The minimum Gasteiger partial charge on any atom is -0.347 e. The van der Waals surface area contributed by atoms with E-state index in [1.807, 2.05) is 10.8 Å². The van der Waals surface area contributed by atoms with E-state index in [-0.39, 0.29) is 22.8 Å². The van der Waals surface area contributed by atoms with Crippen LogP contribution in [0, 0.1) is 17.0 Å². The molecular weight excluding hydrogens is 440 g/mol. The molecule has 1 unspecified atom stereocenters. The molecule has 3 aromatic rings. The fourth-order valence-corrected chi connectivity index (χ4v) is 5.01. The molecule has 1 atom stereocenters. The zero-order chi connectivity index (χ0) is 23.2. The average Bonchev–Trinajstić information content (AvgIpc) is 3.50. The normalized spacial score (nSPS) is 15.6. The Labute approximate surface area is 187 Å². The Kier molecular flexibility index (Phi) is 6.20. The molecule has 3 nitrogen and oxygen atoms in total. The van der Waals surface area contributed by atoms with Crippen LogP contribution in [0.1, 0.15) is 51.2 Å². The van der Waals surface area contributed by atoms with Gasteiger partial charge in [-0.05, 0) is 42.0 Å². The van der Waals surface area contributed by atoms with Gasteiger partial charge in [0.25, 0.3) is 6.43 Å². The number of nitrogens with one attached hydrogen (secondary N) is 1. The van der Waals surface area contributed by atoms with Crippen molar-refractivity contribution in [2.45, 2.75) is 58.4 Å². The third kappa shape index (κ3) is 4.76. The molecule has 1 fully saturated rings. The molecule has 1 aliphatic rings. The molecule has 1 aliphatic carbocycles. The highest BCUT2D eigenvalue weighted by atomic mass is 32.2. The lowest BCUT2D eigenvalue weighted by Gasteiger charge is -2.20. The van der Waals surface area contributed by atoms with Gasteiger partial charge in [-0.1, -0.05) is 32.9 Å². The van der Waals surface area contributed by atoms with Gasteiger partial charge in [0.05, 0.1) is 11.0 Å². The van der Waals surface area contributed by atoms with Crippen LogP contribution in [-0.4, -0.2) is 14.0 Å². The van der Waals surface area contributed by atoms with Crippen LogP contribution in [0.25, 0.3) is 22.0 Å². The summed E-state index contributed by atoms with van der Waals surface area (Å²) in [4.78, 5) is 0. The molecule has 172 valence electrons. The first kappa shape index (κ1) is 23.0. The van der Waals surface area contributed by atoms with Crippen molar-refractivity contribution < 1.29 is 21.8 Å². The number of alkyl halides is 2. The molecule has 8 heteroatoms. The van der Waals surface area contributed by atoms with Crippen molar-refractivity contribution in [3.63, 3.8) is 0 Å². The first-order chi connectivity index (χ1) is 15.0. The summed E-state index contributed by atoms with van der Waals surface area (Å²) in [5, 5.41) is 0.751. The molecule has 0 radical (unpaired) electrons. The van der Waals surface area contributed by atoms with Gasteiger partial charge in [0.2, 0.25) is 0 Å². The van der Waals surface area contributed by atoms with E-state index in [4.69, 9.17) is 0 Å². The third-order valence-electron chi connectivity index (χ3n) is 5.48. The molecule has 0 spiro atoms. The van der Waals surface area contributed by atoms with Gasteiger partial charge in [-0.2, -0.15) is 0 Å². The summed E-state index contributed by atoms with van der Waals surface area (Å²) in [5.41, 5.74) is 0.105. The first-order valence-corrected chi connectivity index (χ1v) is 11.8. The third-order valence-corrected chi connectivity index (χ3v) is 6.99. The molecule has 0 aliphatic heterocycles. The highest BCUT2D eigenvalue weighted by Crippen LogP contribution is 2.38. The van der Waals surface area contributed by atoms with E-state index in [1.165, 1.54) is 18.2 Å². The van der Waals surface area contributed by atoms with Crippen LogP contribution >= 0.6 is 0 Å². The maximum Gasteiger partial charge on any atom is 0.264 e. The van der Waals surface area contributed by atoms with Gasteiger partial charge in [0, 0.05) is 52.1 Å². The second-order valence-corrected chi connectivity index (χ2v) is 11.1. The summed E-state index contributed by atoms with van der Waals surface area (Å²) >= 11 is 0. The average molecular weight is 467 g/mol. The molecule has 4 rings (SSSR count). The zero-order valence-corrected chi connectivity index (χ0v) is 19.0. The maximum atomic E-state index is 15.2. The van der Waals surface area contributed by atoms with Gasteiger partial charge < -0.3 is 4.57 Å². The minimum absolute atomic E-state index is 0.117. The Balaban J connectivity index is 1.85. The molecule has 1 N–H and O–H groups in total. The standard InChI is InChI=1S/C24H26F4N2OS/c1-24(2,3)13-30-12-14(11-29-32(31)15-7-8-15)17-9-20(26)18(10-21(17)30)22-16(23(27)28)5-4-6-19(22)25/h4-6,9-10,12,15,23,29H,7-8,11,13H2,1-3H3. The SMILES string of the molecule is CC(C)(C)Cn1cc(CNS(=O)C2CC2)c2cc(F)c(-c3c(F)cccc3C(F)F)cc21. The van der Waals surface area contributed by atoms with Gasteiger partial charge in [0.15, 0.2) is 0 Å². The summed E-state index contributed by atoms with van der Waals surface area (Å²) in [6.07, 6.45) is 0.789. The van der Waals surface area contributed by atoms with Crippen LogP contribution in [0.4, 0.5) is 17.6 Å². The molecule has 0 amide bonds. The highest BCUT2D eigenvalue weighted by Gasteiger charge is 2.29. The Morgan fingerprint density at radius 2 is 1.88 bits per heavy atom. The molecular formula is C24H26F4N2OS. The Hall–Kier alpha value is -2.19. The fourth-order valence-electron chi connectivity index (χ4n) is 3.91. The van der Waals surface area contributed by atoms with Gasteiger partial charge >= 0.3 is 0 Å². The molecule has 0 bridgehead atoms. The van der Waals surface area contributed by atoms with E-state index < -0.39 is 40.2 Å². The smallest absolute Gasteiger partial charge is 0.264 e. The number of hydrogen-bond acceptors (Lipinski definition) is 1. The lowest BCUT2D eigenvalue weighted by atomic mass is 9.96. The number of halogens is 4. The van der Waals surface area contributed by atoms with Gasteiger partial charge in [-0.3, -0.25) is 0 Å². The lowest BCUT2D eigenvalue weighted by Crippen LogP contribution is -2.19. The summed E-state index contributed by atoms with van der Waals surface area (Å²) in [6, 6.07) is 6.08. The van der Waals surface area contributed by atoms with Crippen molar-refractivity contribution in [2.75, 3.05) is 0 Å². The van der Waals surface area contributed by atoms with Crippen molar-refractivity contribution in [3.05, 3.63) is 59.3 Å². The number of nitrogens with zero attached hydrogens (tertiary/aromatic N) is 1. The molecule has 2 aromatic carbocycles. The molecule has 1 heterocycles. The van der Waals surface area contributed by atoms with Crippen LogP contribution in [0.15, 0.2) is 36.5 Å². The van der Waals surface area contributed by atoms with Crippen molar-refractivity contribution in [1.82, 2.24) is 9.29 Å². The number of benzene rings is 2. The van der Waals surface area contributed by atoms with E-state index in [0.717, 1.165) is 30.5 Å². The number of fused-ring (bicyclic) bond motifs is 1. The van der Waals surface area contributed by atoms with Crippen LogP contribution in [0.5, 0.6) is 0 Å². The Morgan fingerprint density at radius 3 is 2.50 bits per heavy atom. The summed E-state index contributed by atoms with van der Waals surface area (Å²) in [7, 11) is -1.15. The van der Waals surface area contributed by atoms with E-state index in [2.05, 4.69) is 25.5 Å². The molecule has 0 saturated heterocycles. The molecule has 32 heavy (non-hydrogen) atoms. The second-order valence-electron chi connectivity index (χ2n) is 9.51. The zero-order valence-electron chi connectivity index (χ0n) is 18.2. The van der Waals surface area contributed by atoms with Gasteiger partial charge in [-0.15, -0.1) is 0 Å². The second kappa shape index (κ2) is 8.63. The monoisotopic (exact) mass is 466 g/mol. The topological polar surface area (TPSA) is 34.0 Å². The van der Waals surface area contributed by atoms with E-state index in [0.29, 0.717) is 17.4 Å². The Bertz CT molecular complexity index is 1180. The van der Waals surface area contributed by atoms with E-state index >= 15 is 4.39 Å². The predicted octanol–water partition coefficient (Wildman–Crippen LogP) is 6.49. The van der Waals surface area contributed by atoms with E-state index in [9.17, 15) is 17.4 Å². The van der Waals surface area contributed by atoms with Crippen molar-refractivity contribution in [3.8, 4) is 11.1 Å². The van der Waals surface area contributed by atoms with Crippen LogP contribution in [0.3, 0.4) is 0 Å². The summed E-state index contributed by atoms with van der Waals surface area (Å²) in [6.45, 7) is 7.02. The quantitative estimate of drug-likeness (QED) is 0.397. The fraction of sp³-hybridized carbons (Fsp3) is 0.417. The highest BCUT2D eigenvalue weighted by molar-refractivity contribution is 7.83. The van der Waals surface area contributed by atoms with Crippen LogP contribution < -0.4 is 4.72 Å². The molecule has 1 aromatic heterocycles. The number of aromatic nitrogens is 1. The van der Waals surface area contributed by atoms with Crippen molar-refractivity contribution in [2.24, 2.45) is 5.41 Å². The predicted molar refractivity (Wildman–Crippen MR) is 120 cm³/mol. The summed E-state index contributed by atoms with van der Waals surface area (Å²) < 4.78 is 74.0. The number of rotatable bonds is 7. The van der Waals surface area contributed by atoms with Crippen molar-refractivity contribution >= 4 is 21.9 Å². The Morgan fingerprint density at radius 1 is 1.16 bits per heavy atom. The summed E-state index contributed by atoms with van der Waals surface area (Å²) in [5.74, 6) is -1.67. The lowest BCUT2D eigenvalue weighted by molar-refractivity contribution is 0.151. The molecule has 1 saturated carbocycles. The maximum absolute atomic E-state index is 15.2. The van der Waals surface area contributed by atoms with E-state index in [1.54, 1.807) is 0 Å². The van der Waals surface area contributed by atoms with Crippen LogP contribution in [0.2, 0.25) is 0 Å².